The summed E-state index contributed by atoms with van der Waals surface area (Å²) in [4.78, 5) is 11.9. The quantitative estimate of drug-likeness (QED) is 0.626. The number of carbonyl (C=O) groups excluding carboxylic acids is 1. The van der Waals surface area contributed by atoms with Gasteiger partial charge >= 0.3 is 0 Å². The van der Waals surface area contributed by atoms with Crippen LogP contribution in [-0.2, 0) is 6.42 Å². The zero-order valence-corrected chi connectivity index (χ0v) is 10.6. The van der Waals surface area contributed by atoms with E-state index in [1.54, 1.807) is 6.92 Å². The van der Waals surface area contributed by atoms with Gasteiger partial charge in [-0.2, -0.15) is 0 Å². The van der Waals surface area contributed by atoms with Crippen molar-refractivity contribution in [3.63, 3.8) is 0 Å². The van der Waals surface area contributed by atoms with Gasteiger partial charge in [0.2, 0.25) is 5.91 Å². The highest BCUT2D eigenvalue weighted by molar-refractivity contribution is 6.13. The lowest BCUT2D eigenvalue weighted by Gasteiger charge is -2.02. The van der Waals surface area contributed by atoms with E-state index in [0.717, 1.165) is 28.2 Å². The summed E-state index contributed by atoms with van der Waals surface area (Å²) in [5.74, 6) is 0.0643. The molecule has 3 aromatic rings. The largest absolute Gasteiger partial charge is 0.280 e. The molecule has 0 N–H and O–H groups in total. The fraction of sp³-hybridized carbons (Fsp3) is 0.188. The highest BCUT2D eigenvalue weighted by atomic mass is 16.1. The molecule has 0 saturated heterocycles. The molecule has 0 aliphatic rings. The summed E-state index contributed by atoms with van der Waals surface area (Å²) < 4.78 is 1.81. The average Bonchev–Trinajstić information content (AvgIpc) is 2.72. The molecule has 0 unspecified atom stereocenters. The summed E-state index contributed by atoms with van der Waals surface area (Å²) in [7, 11) is 0. The molecule has 90 valence electrons. The van der Waals surface area contributed by atoms with Crippen LogP contribution >= 0.6 is 0 Å². The number of aromatic nitrogens is 1. The average molecular weight is 237 g/mol. The summed E-state index contributed by atoms with van der Waals surface area (Å²) in [5, 5.41) is 2.29. The lowest BCUT2D eigenvalue weighted by molar-refractivity contribution is 0.0946. The van der Waals surface area contributed by atoms with Gasteiger partial charge in [0, 0.05) is 17.7 Å². The number of nitrogens with zero attached hydrogens (tertiary/aromatic N) is 1. The molecule has 0 bridgehead atoms. The van der Waals surface area contributed by atoms with Crippen molar-refractivity contribution in [2.45, 2.75) is 20.3 Å². The number of rotatable bonds is 1. The predicted octanol–water partition coefficient (Wildman–Crippen LogP) is 4.02. The molecule has 2 heteroatoms. The highest BCUT2D eigenvalue weighted by Gasteiger charge is 2.12. The molecule has 0 radical (unpaired) electrons. The van der Waals surface area contributed by atoms with Gasteiger partial charge in [-0.25, -0.2) is 0 Å². The van der Waals surface area contributed by atoms with Crippen LogP contribution in [0.15, 0.2) is 42.5 Å². The smallest absolute Gasteiger partial charge is 0.228 e. The molecule has 2 aromatic carbocycles. The van der Waals surface area contributed by atoms with Crippen LogP contribution in [0.25, 0.3) is 21.8 Å². The van der Waals surface area contributed by atoms with Crippen molar-refractivity contribution in [2.75, 3.05) is 0 Å². The third-order valence-corrected chi connectivity index (χ3v) is 3.46. The number of hydrogen-bond donors (Lipinski definition) is 0. The van der Waals surface area contributed by atoms with Crippen LogP contribution in [0.2, 0.25) is 0 Å². The second-order valence-corrected chi connectivity index (χ2v) is 4.58. The Hall–Kier alpha value is -2.09. The summed E-state index contributed by atoms with van der Waals surface area (Å²) in [6.07, 6.45) is 0.982. The Morgan fingerprint density at radius 3 is 2.50 bits per heavy atom. The third kappa shape index (κ3) is 1.46. The molecule has 18 heavy (non-hydrogen) atoms. The highest BCUT2D eigenvalue weighted by Crippen LogP contribution is 2.29. The minimum atomic E-state index is 0.0643. The van der Waals surface area contributed by atoms with Crippen LogP contribution in [0.1, 0.15) is 24.2 Å². The van der Waals surface area contributed by atoms with E-state index in [4.69, 9.17) is 0 Å². The minimum absolute atomic E-state index is 0.0643. The summed E-state index contributed by atoms with van der Waals surface area (Å²) >= 11 is 0. The molecule has 3 rings (SSSR count). The SMILES string of the molecule is CCc1ccc2c3ccccc3n(C(C)=O)c2c1. The van der Waals surface area contributed by atoms with E-state index < -0.39 is 0 Å². The zero-order chi connectivity index (χ0) is 12.7. The number of hydrogen-bond acceptors (Lipinski definition) is 1. The minimum Gasteiger partial charge on any atom is -0.280 e. The topological polar surface area (TPSA) is 22.0 Å². The van der Waals surface area contributed by atoms with E-state index in [-0.39, 0.29) is 5.91 Å². The van der Waals surface area contributed by atoms with Crippen molar-refractivity contribution in [2.24, 2.45) is 0 Å². The molecule has 2 nitrogen and oxygen atoms in total. The first-order valence-electron chi connectivity index (χ1n) is 6.25. The molecular formula is C16H15NO. The van der Waals surface area contributed by atoms with Gasteiger partial charge in [-0.15, -0.1) is 0 Å². The number of fused-ring (bicyclic) bond motifs is 3. The van der Waals surface area contributed by atoms with E-state index in [1.807, 2.05) is 22.8 Å². The first-order chi connectivity index (χ1) is 8.72. The molecular weight excluding hydrogens is 222 g/mol. The lowest BCUT2D eigenvalue weighted by Crippen LogP contribution is -2.04. The van der Waals surface area contributed by atoms with Crippen LogP contribution in [0, 0.1) is 0 Å². The molecule has 0 aliphatic carbocycles. The van der Waals surface area contributed by atoms with Crippen molar-refractivity contribution in [1.82, 2.24) is 4.57 Å². The Balaban J connectivity index is 2.54. The van der Waals surface area contributed by atoms with Gasteiger partial charge in [0.15, 0.2) is 0 Å². The first kappa shape index (κ1) is 11.0. The maximum atomic E-state index is 11.9. The lowest BCUT2D eigenvalue weighted by atomic mass is 10.1. The van der Waals surface area contributed by atoms with Crippen molar-refractivity contribution < 1.29 is 4.79 Å². The van der Waals surface area contributed by atoms with Gasteiger partial charge in [0.05, 0.1) is 11.0 Å². The van der Waals surface area contributed by atoms with Crippen molar-refractivity contribution in [3.8, 4) is 0 Å². The van der Waals surface area contributed by atoms with E-state index >= 15 is 0 Å². The molecule has 0 spiro atoms. The van der Waals surface area contributed by atoms with Crippen molar-refractivity contribution >= 4 is 27.7 Å². The third-order valence-electron chi connectivity index (χ3n) is 3.46. The number of benzene rings is 2. The Labute approximate surface area is 106 Å². The number of para-hydroxylation sites is 1. The molecule has 1 heterocycles. The van der Waals surface area contributed by atoms with Crippen molar-refractivity contribution in [3.05, 3.63) is 48.0 Å². The summed E-state index contributed by atoms with van der Waals surface area (Å²) in [6.45, 7) is 3.74. The van der Waals surface area contributed by atoms with Crippen LogP contribution in [0.3, 0.4) is 0 Å². The maximum Gasteiger partial charge on any atom is 0.228 e. The van der Waals surface area contributed by atoms with Crippen LogP contribution in [0.4, 0.5) is 0 Å². The second-order valence-electron chi connectivity index (χ2n) is 4.58. The molecule has 1 aromatic heterocycles. The molecule has 0 saturated carbocycles. The Bertz CT molecular complexity index is 752. The monoisotopic (exact) mass is 237 g/mol. The van der Waals surface area contributed by atoms with Gasteiger partial charge in [-0.1, -0.05) is 37.3 Å². The van der Waals surface area contributed by atoms with Crippen molar-refractivity contribution in [1.29, 1.82) is 0 Å². The predicted molar refractivity (Wildman–Crippen MR) is 75.1 cm³/mol. The van der Waals surface area contributed by atoms with Crippen LogP contribution in [-0.4, -0.2) is 10.5 Å². The van der Waals surface area contributed by atoms with Gasteiger partial charge in [-0.05, 0) is 24.1 Å². The number of aryl methyl sites for hydroxylation is 1. The molecule has 0 amide bonds. The summed E-state index contributed by atoms with van der Waals surface area (Å²) in [6, 6.07) is 14.4. The number of carbonyl (C=O) groups is 1. The maximum absolute atomic E-state index is 11.9. The fourth-order valence-corrected chi connectivity index (χ4v) is 2.58. The fourth-order valence-electron chi connectivity index (χ4n) is 2.58. The van der Waals surface area contributed by atoms with Crippen LogP contribution < -0.4 is 0 Å². The van der Waals surface area contributed by atoms with E-state index in [9.17, 15) is 4.79 Å². The normalized spacial score (nSPS) is 11.2. The summed E-state index contributed by atoms with van der Waals surface area (Å²) in [5.41, 5.74) is 3.27. The van der Waals surface area contributed by atoms with Gasteiger partial charge in [-0.3, -0.25) is 9.36 Å². The second kappa shape index (κ2) is 3.98. The van der Waals surface area contributed by atoms with Crippen LogP contribution in [0.5, 0.6) is 0 Å². The Morgan fingerprint density at radius 1 is 1.06 bits per heavy atom. The van der Waals surface area contributed by atoms with E-state index in [2.05, 4.69) is 31.2 Å². The van der Waals surface area contributed by atoms with Gasteiger partial charge in [0.1, 0.15) is 0 Å². The Kier molecular flexibility index (Phi) is 2.44. The van der Waals surface area contributed by atoms with Gasteiger partial charge in [0.25, 0.3) is 0 Å². The first-order valence-corrected chi connectivity index (χ1v) is 6.25. The van der Waals surface area contributed by atoms with E-state index in [1.165, 1.54) is 5.56 Å². The molecule has 0 aliphatic heterocycles. The standard InChI is InChI=1S/C16H15NO/c1-3-12-8-9-14-13-6-4-5-7-15(13)17(11(2)18)16(14)10-12/h4-10H,3H2,1-2H3. The van der Waals surface area contributed by atoms with Gasteiger partial charge < -0.3 is 0 Å². The Morgan fingerprint density at radius 2 is 1.78 bits per heavy atom. The van der Waals surface area contributed by atoms with E-state index in [0.29, 0.717) is 0 Å². The zero-order valence-electron chi connectivity index (χ0n) is 10.6. The molecule has 0 atom stereocenters. The molecule has 0 fully saturated rings.